The van der Waals surface area contributed by atoms with Crippen LogP contribution in [0.3, 0.4) is 0 Å². The Morgan fingerprint density at radius 2 is 1.53 bits per heavy atom. The van der Waals surface area contributed by atoms with Gasteiger partial charge in [0.2, 0.25) is 0 Å². The van der Waals surface area contributed by atoms with Gasteiger partial charge < -0.3 is 25.8 Å². The van der Waals surface area contributed by atoms with Crippen molar-refractivity contribution in [1.82, 2.24) is 4.90 Å². The van der Waals surface area contributed by atoms with Gasteiger partial charge in [-0.15, -0.1) is 0 Å². The molecule has 4 N–H and O–H groups in total. The summed E-state index contributed by atoms with van der Waals surface area (Å²) in [5.74, 6) is -0.173. The number of aliphatic carboxylic acids is 1. The quantitative estimate of drug-likeness (QED) is 0.151. The smallest absolute Gasteiger partial charge is 0.320 e. The molecule has 4 aromatic carbocycles. The Kier molecular flexibility index (Phi) is 11.2. The van der Waals surface area contributed by atoms with Crippen LogP contribution in [0.25, 0.3) is 0 Å². The van der Waals surface area contributed by atoms with Crippen molar-refractivity contribution < 1.29 is 14.6 Å². The van der Waals surface area contributed by atoms with E-state index in [1.807, 2.05) is 38.4 Å². The molecule has 4 aromatic rings. The summed E-state index contributed by atoms with van der Waals surface area (Å²) >= 11 is 0. The Bertz CT molecular complexity index is 1500. The summed E-state index contributed by atoms with van der Waals surface area (Å²) in [5, 5.41) is 13.1. The van der Waals surface area contributed by atoms with Crippen LogP contribution in [0.2, 0.25) is 0 Å². The molecule has 7 heteroatoms. The number of nitrogens with two attached hydrogens (primary N) is 1. The lowest BCUT2D eigenvalue weighted by molar-refractivity contribution is -0.138. The summed E-state index contributed by atoms with van der Waals surface area (Å²) in [5.41, 5.74) is 15.0. The summed E-state index contributed by atoms with van der Waals surface area (Å²) < 4.78 is 6.30. The summed E-state index contributed by atoms with van der Waals surface area (Å²) in [7, 11) is 4.06. The van der Waals surface area contributed by atoms with Gasteiger partial charge in [0.15, 0.2) is 0 Å². The van der Waals surface area contributed by atoms with E-state index < -0.39 is 12.0 Å². The molecular weight excluding hydrogens is 536 g/mol. The van der Waals surface area contributed by atoms with E-state index in [1.54, 1.807) is 0 Å². The number of nitrogens with one attached hydrogen (secondary N) is 1. The highest BCUT2D eigenvalue weighted by atomic mass is 16.5. The van der Waals surface area contributed by atoms with E-state index in [-0.39, 0.29) is 0 Å². The Morgan fingerprint density at radius 1 is 0.860 bits per heavy atom. The average Bonchev–Trinajstić information content (AvgIpc) is 2.98. The lowest BCUT2D eigenvalue weighted by Gasteiger charge is -2.27. The zero-order valence-corrected chi connectivity index (χ0v) is 25.7. The molecule has 0 aliphatic heterocycles. The van der Waals surface area contributed by atoms with Crippen LogP contribution in [0.15, 0.2) is 91.0 Å². The number of carboxylic acids is 1. The third-order valence-electron chi connectivity index (χ3n) is 7.48. The first-order valence-electron chi connectivity index (χ1n) is 14.7. The van der Waals surface area contributed by atoms with Gasteiger partial charge in [0.25, 0.3) is 0 Å². The number of carbonyl (C=O) groups is 1. The largest absolute Gasteiger partial charge is 0.489 e. The van der Waals surface area contributed by atoms with E-state index in [0.717, 1.165) is 33.8 Å². The van der Waals surface area contributed by atoms with Gasteiger partial charge in [-0.1, -0.05) is 77.9 Å². The first-order chi connectivity index (χ1) is 20.7. The highest BCUT2D eigenvalue weighted by molar-refractivity contribution is 5.73. The Labute approximate surface area is 255 Å². The molecule has 1 atom stereocenters. The molecule has 0 saturated heterocycles. The van der Waals surface area contributed by atoms with Gasteiger partial charge in [-0.3, -0.25) is 9.69 Å². The van der Waals surface area contributed by atoms with Crippen molar-refractivity contribution in [3.05, 3.63) is 124 Å². The fourth-order valence-electron chi connectivity index (χ4n) is 5.06. The van der Waals surface area contributed by atoms with Crippen LogP contribution in [0.5, 0.6) is 5.75 Å². The van der Waals surface area contributed by atoms with E-state index >= 15 is 0 Å². The summed E-state index contributed by atoms with van der Waals surface area (Å²) in [6, 6.07) is 30.4. The van der Waals surface area contributed by atoms with Crippen molar-refractivity contribution >= 4 is 17.3 Å². The van der Waals surface area contributed by atoms with Crippen LogP contribution in [0.1, 0.15) is 39.8 Å². The van der Waals surface area contributed by atoms with Gasteiger partial charge in [-0.05, 0) is 61.2 Å². The van der Waals surface area contributed by atoms with E-state index in [9.17, 15) is 9.90 Å². The molecule has 43 heavy (non-hydrogen) atoms. The number of carboxylic acid groups (broad SMARTS) is 1. The SMILES string of the molecule is Cc1cccc(CNc2ccc(N(C)C)cc2CN(CC[C@H](N)C(=O)O)Cc2ccccc2OCc2cccc(C)c2)c1. The van der Waals surface area contributed by atoms with Gasteiger partial charge in [0.05, 0.1) is 0 Å². The molecule has 0 spiro atoms. The molecular formula is C36H44N4O3. The highest BCUT2D eigenvalue weighted by Crippen LogP contribution is 2.27. The first-order valence-corrected chi connectivity index (χ1v) is 14.7. The van der Waals surface area contributed by atoms with Crippen molar-refractivity contribution in [2.45, 2.75) is 52.6 Å². The molecule has 0 aliphatic carbocycles. The van der Waals surface area contributed by atoms with Crippen molar-refractivity contribution in [1.29, 1.82) is 0 Å². The number of hydrogen-bond donors (Lipinski definition) is 3. The second-order valence-electron chi connectivity index (χ2n) is 11.4. The van der Waals surface area contributed by atoms with Gasteiger partial charge >= 0.3 is 5.97 Å². The molecule has 0 saturated carbocycles. The van der Waals surface area contributed by atoms with Crippen LogP contribution in [0.4, 0.5) is 11.4 Å². The monoisotopic (exact) mass is 580 g/mol. The minimum absolute atomic E-state index is 0.334. The number of anilines is 2. The average molecular weight is 581 g/mol. The normalized spacial score (nSPS) is 11.8. The maximum atomic E-state index is 11.6. The van der Waals surface area contributed by atoms with Crippen LogP contribution >= 0.6 is 0 Å². The number of benzene rings is 4. The number of hydrogen-bond acceptors (Lipinski definition) is 6. The molecule has 0 heterocycles. The standard InChI is InChI=1S/C36H44N4O3/c1-26-9-7-11-28(19-26)22-38-34-16-15-32(39(3)4)21-31(34)24-40(18-17-33(37)36(41)42)23-30-13-5-6-14-35(30)43-25-29-12-8-10-27(2)20-29/h5-16,19-21,33,38H,17-18,22-25,37H2,1-4H3,(H,41,42)/t33-/m0/s1. The van der Waals surface area contributed by atoms with Gasteiger partial charge in [0.1, 0.15) is 18.4 Å². The van der Waals surface area contributed by atoms with Crippen molar-refractivity contribution in [2.24, 2.45) is 5.73 Å². The fraction of sp³-hybridized carbons (Fsp3) is 0.306. The number of rotatable bonds is 15. The van der Waals surface area contributed by atoms with Gasteiger partial charge in [-0.2, -0.15) is 0 Å². The molecule has 226 valence electrons. The lowest BCUT2D eigenvalue weighted by atomic mass is 10.1. The molecule has 7 nitrogen and oxygen atoms in total. The minimum Gasteiger partial charge on any atom is -0.489 e. The molecule has 0 unspecified atom stereocenters. The fourth-order valence-corrected chi connectivity index (χ4v) is 5.06. The third kappa shape index (κ3) is 9.60. The first kappa shape index (κ1) is 31.6. The van der Waals surface area contributed by atoms with Crippen molar-refractivity contribution in [3.63, 3.8) is 0 Å². The maximum Gasteiger partial charge on any atom is 0.320 e. The van der Waals surface area contributed by atoms with E-state index in [0.29, 0.717) is 39.2 Å². The topological polar surface area (TPSA) is 91.1 Å². The number of aryl methyl sites for hydroxylation is 2. The Hall–Kier alpha value is -4.33. The van der Waals surface area contributed by atoms with Crippen molar-refractivity contribution in [3.8, 4) is 5.75 Å². The van der Waals surface area contributed by atoms with Crippen LogP contribution in [0, 0.1) is 13.8 Å². The molecule has 4 rings (SSSR count). The number of ether oxygens (including phenoxy) is 1. The third-order valence-corrected chi connectivity index (χ3v) is 7.48. The lowest BCUT2D eigenvalue weighted by Crippen LogP contribution is -2.35. The second kappa shape index (κ2) is 15.2. The summed E-state index contributed by atoms with van der Waals surface area (Å²) in [4.78, 5) is 15.9. The maximum absolute atomic E-state index is 11.6. The molecule has 0 radical (unpaired) electrons. The highest BCUT2D eigenvalue weighted by Gasteiger charge is 2.18. The van der Waals surface area contributed by atoms with E-state index in [4.69, 9.17) is 10.5 Å². The molecule has 0 aromatic heterocycles. The van der Waals surface area contributed by atoms with Gasteiger partial charge in [-0.25, -0.2) is 0 Å². The predicted molar refractivity (Wildman–Crippen MR) is 176 cm³/mol. The molecule has 0 fully saturated rings. The Balaban J connectivity index is 1.58. The molecule has 0 bridgehead atoms. The zero-order chi connectivity index (χ0) is 30.8. The van der Waals surface area contributed by atoms with E-state index in [2.05, 4.69) is 95.7 Å². The van der Waals surface area contributed by atoms with Crippen LogP contribution < -0.4 is 20.7 Å². The molecule has 0 amide bonds. The summed E-state index contributed by atoms with van der Waals surface area (Å²) in [6.07, 6.45) is 0.334. The summed E-state index contributed by atoms with van der Waals surface area (Å²) in [6.45, 7) is 7.06. The minimum atomic E-state index is -0.989. The zero-order valence-electron chi connectivity index (χ0n) is 25.7. The second-order valence-corrected chi connectivity index (χ2v) is 11.4. The predicted octanol–water partition coefficient (Wildman–Crippen LogP) is 6.36. The van der Waals surface area contributed by atoms with Crippen molar-refractivity contribution in [2.75, 3.05) is 30.9 Å². The Morgan fingerprint density at radius 3 is 2.23 bits per heavy atom. The molecule has 0 aliphatic rings. The number of nitrogens with zero attached hydrogens (tertiary/aromatic N) is 2. The number of para-hydroxylation sites is 1. The van der Waals surface area contributed by atoms with E-state index in [1.165, 1.54) is 16.7 Å². The van der Waals surface area contributed by atoms with Crippen LogP contribution in [-0.4, -0.2) is 42.7 Å². The van der Waals surface area contributed by atoms with Crippen LogP contribution in [-0.2, 0) is 31.0 Å². The van der Waals surface area contributed by atoms with Gasteiger partial charge in [0, 0.05) is 57.2 Å².